The zero-order valence-electron chi connectivity index (χ0n) is 7.97. The van der Waals surface area contributed by atoms with E-state index in [0.29, 0.717) is 12.4 Å². The maximum atomic E-state index is 5.47. The Hall–Kier alpha value is -1.62. The van der Waals surface area contributed by atoms with Gasteiger partial charge in [-0.15, -0.1) is 5.10 Å². The van der Waals surface area contributed by atoms with Crippen LogP contribution in [-0.4, -0.2) is 21.5 Å². The van der Waals surface area contributed by atoms with Crippen LogP contribution in [0.4, 0.5) is 0 Å². The standard InChI is InChI=1S/C9H12N4O/c1-7-2-3-9(14-7)13-8(4-5-10)6-11-12-13/h2-3,6H,4-5,10H2,1H3. The van der Waals surface area contributed by atoms with Crippen molar-refractivity contribution >= 4 is 0 Å². The molecule has 14 heavy (non-hydrogen) atoms. The Labute approximate surface area is 81.5 Å². The third kappa shape index (κ3) is 1.54. The molecule has 0 spiro atoms. The van der Waals surface area contributed by atoms with E-state index in [-0.39, 0.29) is 0 Å². The molecule has 0 saturated heterocycles. The maximum Gasteiger partial charge on any atom is 0.221 e. The number of nitrogens with two attached hydrogens (primary N) is 1. The van der Waals surface area contributed by atoms with Gasteiger partial charge in [-0.05, 0) is 19.5 Å². The van der Waals surface area contributed by atoms with Gasteiger partial charge in [-0.25, -0.2) is 0 Å². The third-order valence-electron chi connectivity index (χ3n) is 1.96. The van der Waals surface area contributed by atoms with Crippen LogP contribution in [0, 0.1) is 6.92 Å². The van der Waals surface area contributed by atoms with E-state index >= 15 is 0 Å². The minimum atomic E-state index is 0.576. The summed E-state index contributed by atoms with van der Waals surface area (Å²) >= 11 is 0. The van der Waals surface area contributed by atoms with Crippen LogP contribution >= 0.6 is 0 Å². The average molecular weight is 192 g/mol. The Kier molecular flexibility index (Phi) is 2.32. The summed E-state index contributed by atoms with van der Waals surface area (Å²) in [5.41, 5.74) is 6.43. The van der Waals surface area contributed by atoms with Gasteiger partial charge in [0.25, 0.3) is 0 Å². The second-order valence-electron chi connectivity index (χ2n) is 3.06. The van der Waals surface area contributed by atoms with Crippen LogP contribution in [0.5, 0.6) is 0 Å². The molecule has 2 rings (SSSR count). The second kappa shape index (κ2) is 3.63. The smallest absolute Gasteiger partial charge is 0.221 e. The topological polar surface area (TPSA) is 69.9 Å². The molecule has 74 valence electrons. The van der Waals surface area contributed by atoms with E-state index < -0.39 is 0 Å². The van der Waals surface area contributed by atoms with Crippen molar-refractivity contribution in [3.8, 4) is 5.88 Å². The first-order valence-corrected chi connectivity index (χ1v) is 4.47. The number of rotatable bonds is 3. The summed E-state index contributed by atoms with van der Waals surface area (Å²) in [6.45, 7) is 2.47. The van der Waals surface area contributed by atoms with E-state index in [1.165, 1.54) is 0 Å². The number of nitrogens with zero attached hydrogens (tertiary/aromatic N) is 3. The van der Waals surface area contributed by atoms with Gasteiger partial charge in [-0.2, -0.15) is 4.68 Å². The summed E-state index contributed by atoms with van der Waals surface area (Å²) < 4.78 is 7.10. The second-order valence-corrected chi connectivity index (χ2v) is 3.06. The van der Waals surface area contributed by atoms with Gasteiger partial charge in [0.2, 0.25) is 5.88 Å². The average Bonchev–Trinajstić information content (AvgIpc) is 2.74. The predicted molar refractivity (Wildman–Crippen MR) is 51.1 cm³/mol. The fourth-order valence-electron chi connectivity index (χ4n) is 1.30. The number of aryl methyl sites for hydroxylation is 1. The van der Waals surface area contributed by atoms with Crippen molar-refractivity contribution in [1.82, 2.24) is 15.0 Å². The Morgan fingerprint density at radius 3 is 3.00 bits per heavy atom. The van der Waals surface area contributed by atoms with Crippen LogP contribution in [-0.2, 0) is 6.42 Å². The maximum absolute atomic E-state index is 5.47. The lowest BCUT2D eigenvalue weighted by molar-refractivity contribution is 0.487. The minimum absolute atomic E-state index is 0.576. The molecule has 0 radical (unpaired) electrons. The van der Waals surface area contributed by atoms with Crippen molar-refractivity contribution in [1.29, 1.82) is 0 Å². The van der Waals surface area contributed by atoms with Crippen LogP contribution in [0.3, 0.4) is 0 Å². The van der Waals surface area contributed by atoms with Crippen LogP contribution in [0.1, 0.15) is 11.5 Å². The highest BCUT2D eigenvalue weighted by Gasteiger charge is 2.07. The molecule has 2 N–H and O–H groups in total. The van der Waals surface area contributed by atoms with Crippen LogP contribution < -0.4 is 5.73 Å². The van der Waals surface area contributed by atoms with E-state index in [2.05, 4.69) is 10.3 Å². The van der Waals surface area contributed by atoms with Crippen LogP contribution in [0.2, 0.25) is 0 Å². The quantitative estimate of drug-likeness (QED) is 0.776. The number of aromatic nitrogens is 3. The highest BCUT2D eigenvalue weighted by molar-refractivity contribution is 5.21. The van der Waals surface area contributed by atoms with Crippen molar-refractivity contribution in [2.24, 2.45) is 5.73 Å². The van der Waals surface area contributed by atoms with Crippen molar-refractivity contribution in [3.63, 3.8) is 0 Å². The first-order valence-electron chi connectivity index (χ1n) is 4.47. The van der Waals surface area contributed by atoms with Gasteiger partial charge in [0.1, 0.15) is 5.76 Å². The molecule has 0 aromatic carbocycles. The molecule has 0 aliphatic heterocycles. The molecule has 0 saturated carbocycles. The lowest BCUT2D eigenvalue weighted by atomic mass is 10.3. The monoisotopic (exact) mass is 192 g/mol. The number of furan rings is 1. The molecule has 0 fully saturated rings. The SMILES string of the molecule is Cc1ccc(-n2nncc2CCN)o1. The van der Waals surface area contributed by atoms with Gasteiger partial charge < -0.3 is 10.2 Å². The van der Waals surface area contributed by atoms with Crippen LogP contribution in [0.15, 0.2) is 22.7 Å². The summed E-state index contributed by atoms with van der Waals surface area (Å²) in [4.78, 5) is 0. The van der Waals surface area contributed by atoms with E-state index in [9.17, 15) is 0 Å². The fraction of sp³-hybridized carbons (Fsp3) is 0.333. The van der Waals surface area contributed by atoms with Crippen molar-refractivity contribution < 1.29 is 4.42 Å². The zero-order chi connectivity index (χ0) is 9.97. The highest BCUT2D eigenvalue weighted by Crippen LogP contribution is 2.12. The highest BCUT2D eigenvalue weighted by atomic mass is 16.4. The van der Waals surface area contributed by atoms with Gasteiger partial charge >= 0.3 is 0 Å². The first kappa shape index (κ1) is 8.96. The molecule has 2 aromatic heterocycles. The summed E-state index contributed by atoms with van der Waals surface area (Å²) in [7, 11) is 0. The molecule has 0 amide bonds. The zero-order valence-corrected chi connectivity index (χ0v) is 7.97. The summed E-state index contributed by atoms with van der Waals surface area (Å²) in [6, 6.07) is 3.76. The molecule has 0 aliphatic carbocycles. The van der Waals surface area contributed by atoms with Gasteiger partial charge in [-0.1, -0.05) is 5.21 Å². The molecule has 0 unspecified atom stereocenters. The number of hydrogen-bond acceptors (Lipinski definition) is 4. The van der Waals surface area contributed by atoms with Crippen molar-refractivity contribution in [3.05, 3.63) is 29.8 Å². The van der Waals surface area contributed by atoms with Crippen LogP contribution in [0.25, 0.3) is 5.88 Å². The normalized spacial score (nSPS) is 10.7. The van der Waals surface area contributed by atoms with Gasteiger partial charge in [0.15, 0.2) is 0 Å². The lowest BCUT2D eigenvalue weighted by Crippen LogP contribution is -2.08. The Morgan fingerprint density at radius 2 is 2.36 bits per heavy atom. The van der Waals surface area contributed by atoms with E-state index in [4.69, 9.17) is 10.2 Å². The molecular formula is C9H12N4O. The molecular weight excluding hydrogens is 180 g/mol. The molecule has 0 atom stereocenters. The molecule has 2 aromatic rings. The van der Waals surface area contributed by atoms with Gasteiger partial charge in [0, 0.05) is 12.5 Å². The molecule has 5 heteroatoms. The predicted octanol–water partition coefficient (Wildman–Crippen LogP) is 0.670. The molecule has 5 nitrogen and oxygen atoms in total. The number of hydrogen-bond donors (Lipinski definition) is 1. The van der Waals surface area contributed by atoms with E-state index in [0.717, 1.165) is 17.9 Å². The third-order valence-corrected chi connectivity index (χ3v) is 1.96. The fourth-order valence-corrected chi connectivity index (χ4v) is 1.30. The minimum Gasteiger partial charge on any atom is -0.444 e. The lowest BCUT2D eigenvalue weighted by Gasteiger charge is -2.00. The molecule has 0 bridgehead atoms. The Morgan fingerprint density at radius 1 is 1.50 bits per heavy atom. The molecule has 0 aliphatic rings. The van der Waals surface area contributed by atoms with Crippen molar-refractivity contribution in [2.45, 2.75) is 13.3 Å². The van der Waals surface area contributed by atoms with E-state index in [1.54, 1.807) is 10.9 Å². The van der Waals surface area contributed by atoms with Gasteiger partial charge in [0.05, 0.1) is 11.9 Å². The molecule has 2 heterocycles. The largest absolute Gasteiger partial charge is 0.444 e. The summed E-state index contributed by atoms with van der Waals surface area (Å²) in [5, 5.41) is 7.76. The van der Waals surface area contributed by atoms with Crippen molar-refractivity contribution in [2.75, 3.05) is 6.54 Å². The Bertz CT molecular complexity index is 418. The van der Waals surface area contributed by atoms with E-state index in [1.807, 2.05) is 19.1 Å². The summed E-state index contributed by atoms with van der Waals surface area (Å²) in [6.07, 6.45) is 2.44. The Balaban J connectivity index is 2.36. The first-order chi connectivity index (χ1) is 6.81. The van der Waals surface area contributed by atoms with Gasteiger partial charge in [-0.3, -0.25) is 0 Å². The summed E-state index contributed by atoms with van der Waals surface area (Å²) in [5.74, 6) is 1.54.